The van der Waals surface area contributed by atoms with Crippen LogP contribution in [0.4, 0.5) is 0 Å². The third-order valence-electron chi connectivity index (χ3n) is 1.30. The van der Waals surface area contributed by atoms with Crippen LogP contribution in [-0.2, 0) is 0 Å². The Morgan fingerprint density at radius 1 is 1.44 bits per heavy atom. The highest BCUT2D eigenvalue weighted by atomic mass is 127. The summed E-state index contributed by atoms with van der Waals surface area (Å²) in [5, 5.41) is 4.05. The molecule has 0 aliphatic carbocycles. The summed E-state index contributed by atoms with van der Waals surface area (Å²) in [4.78, 5) is 0. The number of rotatable bonds is 1. The maximum absolute atomic E-state index is 4.05. The fraction of sp³-hybridized carbons (Fsp3) is 0.833. The highest BCUT2D eigenvalue weighted by Gasteiger charge is 2.13. The van der Waals surface area contributed by atoms with Crippen molar-refractivity contribution in [2.75, 3.05) is 0 Å². The van der Waals surface area contributed by atoms with E-state index in [4.69, 9.17) is 0 Å². The van der Waals surface area contributed by atoms with E-state index in [1.807, 2.05) is 29.8 Å². The number of halogens is 1. The molecular formula is C6H13IN2. The molecule has 0 aliphatic heterocycles. The van der Waals surface area contributed by atoms with Gasteiger partial charge in [0.1, 0.15) is 0 Å². The van der Waals surface area contributed by atoms with Crippen LogP contribution < -0.4 is 3.64 Å². The SMILES string of the molecule is C/C(=N/NI)C(C)(C)C. The van der Waals surface area contributed by atoms with Crippen molar-refractivity contribution >= 4 is 28.6 Å². The first-order chi connectivity index (χ1) is 3.98. The van der Waals surface area contributed by atoms with E-state index in [-0.39, 0.29) is 5.41 Å². The summed E-state index contributed by atoms with van der Waals surface area (Å²) in [7, 11) is 0. The Balaban J connectivity index is 4.03. The summed E-state index contributed by atoms with van der Waals surface area (Å²) in [6, 6.07) is 0. The summed E-state index contributed by atoms with van der Waals surface area (Å²) >= 11 is 2.01. The van der Waals surface area contributed by atoms with Gasteiger partial charge < -0.3 is 0 Å². The van der Waals surface area contributed by atoms with Gasteiger partial charge in [-0.2, -0.15) is 5.10 Å². The van der Waals surface area contributed by atoms with Crippen molar-refractivity contribution in [2.45, 2.75) is 27.7 Å². The molecule has 0 radical (unpaired) electrons. The smallest absolute Gasteiger partial charge is 0.0750 e. The number of hydrazone groups is 1. The summed E-state index contributed by atoms with van der Waals surface area (Å²) in [6.07, 6.45) is 0. The molecule has 0 aliphatic rings. The van der Waals surface area contributed by atoms with Gasteiger partial charge in [0.25, 0.3) is 0 Å². The normalized spacial score (nSPS) is 13.7. The van der Waals surface area contributed by atoms with Crippen LogP contribution in [0, 0.1) is 5.41 Å². The zero-order valence-corrected chi connectivity index (χ0v) is 8.48. The van der Waals surface area contributed by atoms with E-state index in [1.54, 1.807) is 0 Å². The van der Waals surface area contributed by atoms with Crippen LogP contribution in [0.25, 0.3) is 0 Å². The van der Waals surface area contributed by atoms with Gasteiger partial charge in [-0.1, -0.05) is 20.8 Å². The maximum atomic E-state index is 4.05. The van der Waals surface area contributed by atoms with E-state index < -0.39 is 0 Å². The van der Waals surface area contributed by atoms with Crippen molar-refractivity contribution in [2.24, 2.45) is 10.5 Å². The zero-order chi connectivity index (χ0) is 7.49. The minimum atomic E-state index is 0.193. The van der Waals surface area contributed by atoms with E-state index in [2.05, 4.69) is 29.5 Å². The van der Waals surface area contributed by atoms with Crippen molar-refractivity contribution < 1.29 is 0 Å². The fourth-order valence-electron chi connectivity index (χ4n) is 0.231. The van der Waals surface area contributed by atoms with Gasteiger partial charge in [-0.25, -0.2) is 3.64 Å². The quantitative estimate of drug-likeness (QED) is 0.323. The molecule has 0 bridgehead atoms. The minimum absolute atomic E-state index is 0.193. The van der Waals surface area contributed by atoms with Gasteiger partial charge in [0.15, 0.2) is 0 Å². The maximum Gasteiger partial charge on any atom is 0.0750 e. The Hall–Kier alpha value is 0.200. The molecule has 0 saturated carbocycles. The molecule has 0 aromatic carbocycles. The third kappa shape index (κ3) is 3.72. The first-order valence-corrected chi connectivity index (χ1v) is 3.96. The zero-order valence-electron chi connectivity index (χ0n) is 6.33. The highest BCUT2D eigenvalue weighted by molar-refractivity contribution is 14.1. The lowest BCUT2D eigenvalue weighted by molar-refractivity contribution is 0.584. The molecule has 3 heteroatoms. The Kier molecular flexibility index (Phi) is 3.46. The number of hydrogen-bond donors (Lipinski definition) is 1. The molecule has 0 atom stereocenters. The number of nitrogens with one attached hydrogen (secondary N) is 1. The van der Waals surface area contributed by atoms with Crippen LogP contribution >= 0.6 is 22.9 Å². The predicted molar refractivity (Wildman–Crippen MR) is 49.7 cm³/mol. The van der Waals surface area contributed by atoms with Gasteiger partial charge in [0.05, 0.1) is 22.9 Å². The van der Waals surface area contributed by atoms with E-state index in [0.717, 1.165) is 5.71 Å². The second-order valence-corrected chi connectivity index (χ2v) is 3.51. The molecule has 1 N–H and O–H groups in total. The monoisotopic (exact) mass is 240 g/mol. The van der Waals surface area contributed by atoms with Crippen LogP contribution in [0.1, 0.15) is 27.7 Å². The van der Waals surface area contributed by atoms with E-state index in [0.29, 0.717) is 0 Å². The summed E-state index contributed by atoms with van der Waals surface area (Å²) in [5.74, 6) is 0. The van der Waals surface area contributed by atoms with Crippen molar-refractivity contribution in [1.82, 2.24) is 3.64 Å². The van der Waals surface area contributed by atoms with Gasteiger partial charge in [-0.05, 0) is 6.92 Å². The minimum Gasteiger partial charge on any atom is -0.250 e. The molecule has 0 fully saturated rings. The molecule has 0 aromatic rings. The fourth-order valence-corrected chi connectivity index (χ4v) is 0.593. The second kappa shape index (κ2) is 3.39. The lowest BCUT2D eigenvalue weighted by Gasteiger charge is -2.16. The van der Waals surface area contributed by atoms with Crippen molar-refractivity contribution in [3.63, 3.8) is 0 Å². The van der Waals surface area contributed by atoms with E-state index >= 15 is 0 Å². The molecule has 0 heterocycles. The van der Waals surface area contributed by atoms with Gasteiger partial charge >= 0.3 is 0 Å². The van der Waals surface area contributed by atoms with Gasteiger partial charge in [0, 0.05) is 11.1 Å². The second-order valence-electron chi connectivity index (χ2n) is 3.03. The number of nitrogens with zero attached hydrogens (tertiary/aromatic N) is 1. The Morgan fingerprint density at radius 2 is 1.89 bits per heavy atom. The molecule has 0 unspecified atom stereocenters. The van der Waals surface area contributed by atoms with Gasteiger partial charge in [-0.3, -0.25) is 0 Å². The summed E-state index contributed by atoms with van der Waals surface area (Å²) in [5.41, 5.74) is 1.31. The Labute approximate surface area is 70.6 Å². The van der Waals surface area contributed by atoms with Gasteiger partial charge in [0.2, 0.25) is 0 Å². The molecule has 0 rings (SSSR count). The average Bonchev–Trinajstić information content (AvgIpc) is 1.64. The molecule has 9 heavy (non-hydrogen) atoms. The molecule has 0 aromatic heterocycles. The van der Waals surface area contributed by atoms with Crippen LogP contribution in [0.2, 0.25) is 0 Å². The van der Waals surface area contributed by atoms with Crippen LogP contribution in [0.3, 0.4) is 0 Å². The van der Waals surface area contributed by atoms with Crippen LogP contribution in [0.15, 0.2) is 5.10 Å². The topological polar surface area (TPSA) is 24.4 Å². The molecule has 0 saturated heterocycles. The molecule has 0 amide bonds. The summed E-state index contributed by atoms with van der Waals surface area (Å²) < 4.78 is 2.73. The standard InChI is InChI=1S/C6H13IN2/c1-5(8-9-7)6(2,3)4/h9H,1-4H3/b8-5-. The van der Waals surface area contributed by atoms with E-state index in [1.165, 1.54) is 0 Å². The van der Waals surface area contributed by atoms with E-state index in [9.17, 15) is 0 Å². The lowest BCUT2D eigenvalue weighted by atomic mass is 9.91. The van der Waals surface area contributed by atoms with Crippen LogP contribution in [-0.4, -0.2) is 5.71 Å². The first-order valence-electron chi connectivity index (χ1n) is 2.89. The average molecular weight is 240 g/mol. The lowest BCUT2D eigenvalue weighted by Crippen LogP contribution is -2.18. The van der Waals surface area contributed by atoms with Crippen molar-refractivity contribution in [3.05, 3.63) is 0 Å². The molecule has 2 nitrogen and oxygen atoms in total. The largest absolute Gasteiger partial charge is 0.250 e. The molecule has 0 spiro atoms. The Morgan fingerprint density at radius 3 is 2.00 bits per heavy atom. The highest BCUT2D eigenvalue weighted by Crippen LogP contribution is 2.14. The summed E-state index contributed by atoms with van der Waals surface area (Å²) in [6.45, 7) is 8.44. The van der Waals surface area contributed by atoms with Crippen LogP contribution in [0.5, 0.6) is 0 Å². The first kappa shape index (κ1) is 9.20. The predicted octanol–water partition coefficient (Wildman–Crippen LogP) is 2.35. The third-order valence-corrected chi connectivity index (χ3v) is 1.54. The van der Waals surface area contributed by atoms with Crippen molar-refractivity contribution in [1.29, 1.82) is 0 Å². The Bertz CT molecular complexity index is 113. The molecule has 54 valence electrons. The van der Waals surface area contributed by atoms with Crippen molar-refractivity contribution in [3.8, 4) is 0 Å². The number of hydrogen-bond acceptors (Lipinski definition) is 2. The molecular weight excluding hydrogens is 227 g/mol. The van der Waals surface area contributed by atoms with Gasteiger partial charge in [-0.15, -0.1) is 0 Å².